The maximum atomic E-state index is 12.5. The molecule has 5 heteroatoms. The highest BCUT2D eigenvalue weighted by molar-refractivity contribution is 5.91. The molecule has 5 nitrogen and oxygen atoms in total. The van der Waals surface area contributed by atoms with Crippen LogP contribution < -0.4 is 5.56 Å². The molecule has 0 aliphatic rings. The van der Waals surface area contributed by atoms with Gasteiger partial charge in [0.15, 0.2) is 5.69 Å². The van der Waals surface area contributed by atoms with Crippen molar-refractivity contribution in [3.05, 3.63) is 63.9 Å². The molecule has 0 radical (unpaired) electrons. The first-order valence-corrected chi connectivity index (χ1v) is 7.75. The second-order valence-corrected chi connectivity index (χ2v) is 5.64. The molecule has 4 rings (SSSR count). The number of H-pyrrole nitrogens is 2. The largest absolute Gasteiger partial charge is 0.353 e. The van der Waals surface area contributed by atoms with Crippen LogP contribution in [0.15, 0.2) is 47.3 Å². The minimum absolute atomic E-state index is 0.226. The molecular weight excluding hydrogens is 300 g/mol. The van der Waals surface area contributed by atoms with Crippen molar-refractivity contribution in [2.75, 3.05) is 0 Å². The highest BCUT2D eigenvalue weighted by Crippen LogP contribution is 2.29. The summed E-state index contributed by atoms with van der Waals surface area (Å²) < 4.78 is 0. The summed E-state index contributed by atoms with van der Waals surface area (Å²) in [6.07, 6.45) is 0.734. The molecule has 4 aromatic rings. The van der Waals surface area contributed by atoms with E-state index in [1.165, 1.54) is 0 Å². The Morgan fingerprint density at radius 3 is 2.75 bits per heavy atom. The quantitative estimate of drug-likeness (QED) is 0.593. The molecule has 2 heterocycles. The van der Waals surface area contributed by atoms with E-state index < -0.39 is 0 Å². The van der Waals surface area contributed by atoms with Crippen molar-refractivity contribution in [3.63, 3.8) is 0 Å². The van der Waals surface area contributed by atoms with E-state index in [0.29, 0.717) is 16.8 Å². The molecule has 0 saturated carbocycles. The molecular formula is C19H14N4O. The van der Waals surface area contributed by atoms with Crippen LogP contribution in [-0.2, 0) is 6.42 Å². The van der Waals surface area contributed by atoms with Crippen LogP contribution >= 0.6 is 0 Å². The Labute approximate surface area is 137 Å². The molecule has 0 aliphatic heterocycles. The number of nitriles is 1. The van der Waals surface area contributed by atoms with Gasteiger partial charge in [0.1, 0.15) is 0 Å². The molecule has 0 amide bonds. The first kappa shape index (κ1) is 14.2. The van der Waals surface area contributed by atoms with Gasteiger partial charge >= 0.3 is 0 Å². The van der Waals surface area contributed by atoms with E-state index in [9.17, 15) is 4.79 Å². The zero-order chi connectivity index (χ0) is 16.7. The van der Waals surface area contributed by atoms with Gasteiger partial charge in [0.2, 0.25) is 0 Å². The van der Waals surface area contributed by atoms with E-state index in [1.807, 2.05) is 43.3 Å². The van der Waals surface area contributed by atoms with Crippen LogP contribution in [0, 0.1) is 11.3 Å². The fourth-order valence-corrected chi connectivity index (χ4v) is 3.09. The van der Waals surface area contributed by atoms with Gasteiger partial charge in [-0.05, 0) is 42.3 Å². The number of aromatic nitrogens is 3. The molecule has 0 aliphatic carbocycles. The third kappa shape index (κ3) is 2.09. The second kappa shape index (κ2) is 5.36. The minimum atomic E-state index is -0.226. The number of nitrogens with one attached hydrogen (secondary N) is 2. The SMILES string of the molecule is CCc1c(-c2nc3ccccc3[nH]c2=O)[nH]c2ccc(C#N)cc12. The van der Waals surface area contributed by atoms with Crippen molar-refractivity contribution in [1.29, 1.82) is 5.26 Å². The minimum Gasteiger partial charge on any atom is -0.353 e. The van der Waals surface area contributed by atoms with Crippen LogP contribution in [0.5, 0.6) is 0 Å². The van der Waals surface area contributed by atoms with Crippen molar-refractivity contribution < 1.29 is 0 Å². The molecule has 116 valence electrons. The summed E-state index contributed by atoms with van der Waals surface area (Å²) in [5.41, 5.74) is 4.82. The molecule has 24 heavy (non-hydrogen) atoms. The summed E-state index contributed by atoms with van der Waals surface area (Å²) in [5, 5.41) is 10.1. The lowest BCUT2D eigenvalue weighted by atomic mass is 10.0. The normalized spacial score (nSPS) is 11.0. The molecule has 2 aromatic carbocycles. The monoisotopic (exact) mass is 314 g/mol. The van der Waals surface area contributed by atoms with Gasteiger partial charge in [-0.25, -0.2) is 4.98 Å². The van der Waals surface area contributed by atoms with Crippen LogP contribution in [0.1, 0.15) is 18.1 Å². The Morgan fingerprint density at radius 2 is 1.96 bits per heavy atom. The van der Waals surface area contributed by atoms with Gasteiger partial charge in [0.05, 0.1) is 28.4 Å². The molecule has 0 saturated heterocycles. The van der Waals surface area contributed by atoms with Crippen LogP contribution in [0.2, 0.25) is 0 Å². The third-order valence-corrected chi connectivity index (χ3v) is 4.23. The number of fused-ring (bicyclic) bond motifs is 2. The fourth-order valence-electron chi connectivity index (χ4n) is 3.09. The number of rotatable bonds is 2. The van der Waals surface area contributed by atoms with Gasteiger partial charge < -0.3 is 9.97 Å². The van der Waals surface area contributed by atoms with Gasteiger partial charge in [0.25, 0.3) is 5.56 Å². The highest BCUT2D eigenvalue weighted by atomic mass is 16.1. The Bertz CT molecular complexity index is 1180. The molecule has 2 aromatic heterocycles. The maximum Gasteiger partial charge on any atom is 0.276 e. The average molecular weight is 314 g/mol. The van der Waals surface area contributed by atoms with Crippen molar-refractivity contribution in [2.45, 2.75) is 13.3 Å². The topological polar surface area (TPSA) is 85.3 Å². The summed E-state index contributed by atoms with van der Waals surface area (Å²) in [4.78, 5) is 23.2. The van der Waals surface area contributed by atoms with Crippen molar-refractivity contribution >= 4 is 21.9 Å². The summed E-state index contributed by atoms with van der Waals surface area (Å²) in [6, 6.07) is 15.1. The number of benzene rings is 2. The van der Waals surface area contributed by atoms with E-state index in [2.05, 4.69) is 21.0 Å². The predicted molar refractivity (Wildman–Crippen MR) is 93.7 cm³/mol. The van der Waals surface area contributed by atoms with E-state index >= 15 is 0 Å². The summed E-state index contributed by atoms with van der Waals surface area (Å²) in [6.45, 7) is 2.03. The van der Waals surface area contributed by atoms with Crippen molar-refractivity contribution in [1.82, 2.24) is 15.0 Å². The second-order valence-electron chi connectivity index (χ2n) is 5.64. The lowest BCUT2D eigenvalue weighted by Gasteiger charge is -2.03. The van der Waals surface area contributed by atoms with Gasteiger partial charge in [-0.3, -0.25) is 4.79 Å². The lowest BCUT2D eigenvalue weighted by Crippen LogP contribution is -2.12. The van der Waals surface area contributed by atoms with Crippen molar-refractivity contribution in [2.24, 2.45) is 0 Å². The zero-order valence-electron chi connectivity index (χ0n) is 13.1. The number of nitrogens with zero attached hydrogens (tertiary/aromatic N) is 2. The van der Waals surface area contributed by atoms with Crippen LogP contribution in [0.25, 0.3) is 33.3 Å². The first-order valence-electron chi connectivity index (χ1n) is 7.75. The van der Waals surface area contributed by atoms with E-state index in [4.69, 9.17) is 5.26 Å². The fraction of sp³-hybridized carbons (Fsp3) is 0.105. The molecule has 0 unspecified atom stereocenters. The third-order valence-electron chi connectivity index (χ3n) is 4.23. The summed E-state index contributed by atoms with van der Waals surface area (Å²) in [5.74, 6) is 0. The standard InChI is InChI=1S/C19H14N4O/c1-2-12-13-9-11(10-20)7-8-14(13)21-17(12)18-19(24)23-16-6-4-3-5-15(16)22-18/h3-9,21H,2H2,1H3,(H,23,24). The Hall–Kier alpha value is -3.39. The number of aryl methyl sites for hydroxylation is 1. The van der Waals surface area contributed by atoms with Gasteiger partial charge in [-0.2, -0.15) is 5.26 Å². The number of hydrogen-bond acceptors (Lipinski definition) is 3. The van der Waals surface area contributed by atoms with Gasteiger partial charge in [0, 0.05) is 10.9 Å². The predicted octanol–water partition coefficient (Wildman–Crippen LogP) is 3.51. The van der Waals surface area contributed by atoms with Crippen LogP contribution in [0.4, 0.5) is 0 Å². The van der Waals surface area contributed by atoms with Crippen LogP contribution in [0.3, 0.4) is 0 Å². The van der Waals surface area contributed by atoms with Gasteiger partial charge in [-0.15, -0.1) is 0 Å². The van der Waals surface area contributed by atoms with E-state index in [1.54, 1.807) is 6.07 Å². The number of para-hydroxylation sites is 2. The maximum absolute atomic E-state index is 12.5. The highest BCUT2D eigenvalue weighted by Gasteiger charge is 2.16. The van der Waals surface area contributed by atoms with E-state index in [-0.39, 0.29) is 5.56 Å². The molecule has 2 N–H and O–H groups in total. The first-order chi connectivity index (χ1) is 11.7. The average Bonchev–Trinajstić information content (AvgIpc) is 2.98. The van der Waals surface area contributed by atoms with Crippen molar-refractivity contribution in [3.8, 4) is 17.5 Å². The number of hydrogen-bond donors (Lipinski definition) is 2. The van der Waals surface area contributed by atoms with E-state index in [0.717, 1.165) is 34.1 Å². The van der Waals surface area contributed by atoms with Gasteiger partial charge in [-0.1, -0.05) is 19.1 Å². The summed E-state index contributed by atoms with van der Waals surface area (Å²) in [7, 11) is 0. The lowest BCUT2D eigenvalue weighted by molar-refractivity contribution is 1.13. The Kier molecular flexibility index (Phi) is 3.17. The van der Waals surface area contributed by atoms with Crippen LogP contribution in [-0.4, -0.2) is 15.0 Å². The molecule has 0 fully saturated rings. The molecule has 0 bridgehead atoms. The molecule has 0 spiro atoms. The number of aromatic amines is 2. The summed E-state index contributed by atoms with van der Waals surface area (Å²) >= 11 is 0. The zero-order valence-corrected chi connectivity index (χ0v) is 13.1. The Balaban J connectivity index is 2.04. The smallest absolute Gasteiger partial charge is 0.276 e. The molecule has 0 atom stereocenters. The Morgan fingerprint density at radius 1 is 1.12 bits per heavy atom.